The number of hydrogen-bond donors (Lipinski definition) is 1. The molecule has 1 N–H and O–H groups in total. The van der Waals surface area contributed by atoms with Gasteiger partial charge in [-0.3, -0.25) is 4.98 Å². The van der Waals surface area contributed by atoms with Crippen LogP contribution in [0.25, 0.3) is 0 Å². The van der Waals surface area contributed by atoms with Gasteiger partial charge in [0, 0.05) is 19.6 Å². The summed E-state index contributed by atoms with van der Waals surface area (Å²) in [5, 5.41) is 3.32. The molecule has 1 aromatic rings. The first-order chi connectivity index (χ1) is 8.50. The van der Waals surface area contributed by atoms with Crippen LogP contribution in [0.15, 0.2) is 18.5 Å². The average molecular weight is 247 g/mol. The molecular weight excluding hydrogens is 222 g/mol. The molecule has 1 atom stereocenters. The van der Waals surface area contributed by atoms with Gasteiger partial charge in [0.2, 0.25) is 0 Å². The van der Waals surface area contributed by atoms with Crippen LogP contribution in [0.1, 0.15) is 34.1 Å². The van der Waals surface area contributed by atoms with Gasteiger partial charge in [-0.25, -0.2) is 0 Å². The Morgan fingerprint density at radius 1 is 1.39 bits per heavy atom. The zero-order valence-corrected chi connectivity index (χ0v) is 12.0. The van der Waals surface area contributed by atoms with Gasteiger partial charge in [-0.1, -0.05) is 20.8 Å². The van der Waals surface area contributed by atoms with Gasteiger partial charge in [-0.05, 0) is 30.7 Å². The van der Waals surface area contributed by atoms with Crippen molar-refractivity contribution in [2.75, 3.05) is 29.9 Å². The summed E-state index contributed by atoms with van der Waals surface area (Å²) in [7, 11) is 0. The maximum absolute atomic E-state index is 4.33. The Morgan fingerprint density at radius 2 is 2.17 bits per heavy atom. The van der Waals surface area contributed by atoms with Crippen molar-refractivity contribution in [3.8, 4) is 0 Å². The lowest BCUT2D eigenvalue weighted by molar-refractivity contribution is 0.263. The Bertz CT molecular complexity index is 395. The Morgan fingerprint density at radius 3 is 2.78 bits per heavy atom. The van der Waals surface area contributed by atoms with E-state index in [0.717, 1.165) is 31.2 Å². The number of nitrogens with one attached hydrogen (secondary N) is 1. The molecule has 0 aromatic carbocycles. The van der Waals surface area contributed by atoms with Crippen molar-refractivity contribution in [2.24, 2.45) is 11.3 Å². The summed E-state index contributed by atoms with van der Waals surface area (Å²) in [5.41, 5.74) is 2.77. The number of nitrogens with zero attached hydrogens (tertiary/aromatic N) is 2. The largest absolute Gasteiger partial charge is 0.384 e. The van der Waals surface area contributed by atoms with E-state index in [1.54, 1.807) is 0 Å². The van der Waals surface area contributed by atoms with Gasteiger partial charge in [0.05, 0.1) is 23.8 Å². The molecule has 1 aromatic heterocycles. The molecule has 0 aliphatic carbocycles. The van der Waals surface area contributed by atoms with Gasteiger partial charge in [-0.15, -0.1) is 0 Å². The lowest BCUT2D eigenvalue weighted by Crippen LogP contribution is -2.25. The van der Waals surface area contributed by atoms with E-state index in [1.807, 2.05) is 12.4 Å². The second-order valence-electron chi connectivity index (χ2n) is 6.26. The van der Waals surface area contributed by atoms with E-state index in [4.69, 9.17) is 0 Å². The summed E-state index contributed by atoms with van der Waals surface area (Å²) in [6.45, 7) is 12.4. The van der Waals surface area contributed by atoms with Gasteiger partial charge in [-0.2, -0.15) is 0 Å². The first-order valence-corrected chi connectivity index (χ1v) is 6.94. The van der Waals surface area contributed by atoms with Crippen LogP contribution in [-0.4, -0.2) is 24.6 Å². The van der Waals surface area contributed by atoms with Crippen LogP contribution in [0.4, 0.5) is 11.4 Å². The van der Waals surface area contributed by atoms with E-state index in [0.29, 0.717) is 5.41 Å². The van der Waals surface area contributed by atoms with Crippen molar-refractivity contribution in [2.45, 2.75) is 34.1 Å². The van der Waals surface area contributed by atoms with Crippen molar-refractivity contribution < 1.29 is 0 Å². The van der Waals surface area contributed by atoms with Crippen molar-refractivity contribution >= 4 is 11.4 Å². The minimum Gasteiger partial charge on any atom is -0.384 e. The Labute approximate surface area is 111 Å². The molecule has 3 nitrogen and oxygen atoms in total. The fourth-order valence-electron chi connectivity index (χ4n) is 2.60. The third-order valence-corrected chi connectivity index (χ3v) is 3.88. The summed E-state index contributed by atoms with van der Waals surface area (Å²) in [6, 6.07) is 2.21. The smallest absolute Gasteiger partial charge is 0.0573 e. The quantitative estimate of drug-likeness (QED) is 0.887. The standard InChI is InChI=1S/C15H25N3/c1-5-17-13-8-14(10-16-9-13)18-7-6-12(11-18)15(2,3)4/h8-10,12,17H,5-7,11H2,1-4H3. The van der Waals surface area contributed by atoms with Crippen molar-refractivity contribution in [3.63, 3.8) is 0 Å². The maximum atomic E-state index is 4.33. The van der Waals surface area contributed by atoms with Gasteiger partial charge in [0.15, 0.2) is 0 Å². The number of pyridine rings is 1. The van der Waals surface area contributed by atoms with Crippen LogP contribution < -0.4 is 10.2 Å². The highest BCUT2D eigenvalue weighted by Crippen LogP contribution is 2.35. The number of hydrogen-bond acceptors (Lipinski definition) is 3. The molecule has 1 fully saturated rings. The van der Waals surface area contributed by atoms with Crippen LogP contribution >= 0.6 is 0 Å². The van der Waals surface area contributed by atoms with Gasteiger partial charge < -0.3 is 10.2 Å². The molecule has 0 spiro atoms. The molecule has 18 heavy (non-hydrogen) atoms. The highest BCUT2D eigenvalue weighted by Gasteiger charge is 2.31. The lowest BCUT2D eigenvalue weighted by Gasteiger charge is -2.27. The predicted molar refractivity (Wildman–Crippen MR) is 78.2 cm³/mol. The van der Waals surface area contributed by atoms with E-state index in [1.165, 1.54) is 12.1 Å². The molecule has 1 unspecified atom stereocenters. The van der Waals surface area contributed by atoms with E-state index >= 15 is 0 Å². The lowest BCUT2D eigenvalue weighted by atomic mass is 9.80. The highest BCUT2D eigenvalue weighted by atomic mass is 15.2. The van der Waals surface area contributed by atoms with Crippen molar-refractivity contribution in [3.05, 3.63) is 18.5 Å². The van der Waals surface area contributed by atoms with Crippen LogP contribution in [0.5, 0.6) is 0 Å². The van der Waals surface area contributed by atoms with E-state index in [2.05, 4.69) is 49.0 Å². The molecule has 0 radical (unpaired) electrons. The zero-order chi connectivity index (χ0) is 13.2. The van der Waals surface area contributed by atoms with Crippen LogP contribution in [-0.2, 0) is 0 Å². The van der Waals surface area contributed by atoms with Gasteiger partial charge >= 0.3 is 0 Å². The van der Waals surface area contributed by atoms with E-state index in [9.17, 15) is 0 Å². The topological polar surface area (TPSA) is 28.2 Å². The number of aromatic nitrogens is 1. The molecule has 2 rings (SSSR count). The van der Waals surface area contributed by atoms with Gasteiger partial charge in [0.1, 0.15) is 0 Å². The maximum Gasteiger partial charge on any atom is 0.0573 e. The predicted octanol–water partition coefficient (Wildman–Crippen LogP) is 3.39. The second kappa shape index (κ2) is 5.17. The molecule has 0 saturated carbocycles. The molecule has 3 heteroatoms. The first kappa shape index (κ1) is 13.2. The molecule has 100 valence electrons. The third-order valence-electron chi connectivity index (χ3n) is 3.88. The fraction of sp³-hybridized carbons (Fsp3) is 0.667. The molecule has 0 amide bonds. The summed E-state index contributed by atoms with van der Waals surface area (Å²) < 4.78 is 0. The van der Waals surface area contributed by atoms with Crippen LogP contribution in [0.2, 0.25) is 0 Å². The van der Waals surface area contributed by atoms with Crippen LogP contribution in [0, 0.1) is 11.3 Å². The molecule has 1 aliphatic heterocycles. The minimum atomic E-state index is 0.404. The van der Waals surface area contributed by atoms with Crippen molar-refractivity contribution in [1.29, 1.82) is 0 Å². The normalized spacial score (nSPS) is 20.2. The molecule has 1 saturated heterocycles. The SMILES string of the molecule is CCNc1cncc(N2CCC(C(C)(C)C)C2)c1. The van der Waals surface area contributed by atoms with Gasteiger partial charge in [0.25, 0.3) is 0 Å². The summed E-state index contributed by atoms with van der Waals surface area (Å²) in [4.78, 5) is 6.79. The molecule has 2 heterocycles. The van der Waals surface area contributed by atoms with E-state index < -0.39 is 0 Å². The van der Waals surface area contributed by atoms with Crippen molar-refractivity contribution in [1.82, 2.24) is 4.98 Å². The summed E-state index contributed by atoms with van der Waals surface area (Å²) >= 11 is 0. The molecule has 0 bridgehead atoms. The number of anilines is 2. The fourth-order valence-corrected chi connectivity index (χ4v) is 2.60. The van der Waals surface area contributed by atoms with E-state index in [-0.39, 0.29) is 0 Å². The minimum absolute atomic E-state index is 0.404. The zero-order valence-electron chi connectivity index (χ0n) is 12.0. The highest BCUT2D eigenvalue weighted by molar-refractivity contribution is 5.56. The summed E-state index contributed by atoms with van der Waals surface area (Å²) in [5.74, 6) is 0.778. The molecular formula is C15H25N3. The monoisotopic (exact) mass is 247 g/mol. The first-order valence-electron chi connectivity index (χ1n) is 6.94. The average Bonchev–Trinajstić information content (AvgIpc) is 2.78. The second-order valence-corrected chi connectivity index (χ2v) is 6.26. The number of rotatable bonds is 3. The molecule has 1 aliphatic rings. The van der Waals surface area contributed by atoms with Crippen LogP contribution in [0.3, 0.4) is 0 Å². The Kier molecular flexibility index (Phi) is 3.79. The Hall–Kier alpha value is -1.25. The Balaban J connectivity index is 2.07. The summed E-state index contributed by atoms with van der Waals surface area (Å²) in [6.07, 6.45) is 5.16. The third kappa shape index (κ3) is 2.95.